The van der Waals surface area contributed by atoms with Crippen molar-refractivity contribution in [1.82, 2.24) is 0 Å². The fourth-order valence-corrected chi connectivity index (χ4v) is 2.85. The van der Waals surface area contributed by atoms with Crippen LogP contribution < -0.4 is 9.47 Å². The van der Waals surface area contributed by atoms with Gasteiger partial charge in [-0.3, -0.25) is 0 Å². The lowest BCUT2D eigenvalue weighted by molar-refractivity contribution is -0.129. The molecule has 0 bridgehead atoms. The van der Waals surface area contributed by atoms with Gasteiger partial charge in [0.2, 0.25) is 0 Å². The van der Waals surface area contributed by atoms with Crippen molar-refractivity contribution in [3.63, 3.8) is 0 Å². The van der Waals surface area contributed by atoms with Crippen molar-refractivity contribution in [2.75, 3.05) is 0 Å². The van der Waals surface area contributed by atoms with Crippen molar-refractivity contribution in [2.45, 2.75) is 0 Å². The van der Waals surface area contributed by atoms with E-state index in [1.165, 1.54) is 6.07 Å². The van der Waals surface area contributed by atoms with Crippen molar-refractivity contribution in [3.05, 3.63) is 120 Å². The number of esters is 2. The summed E-state index contributed by atoms with van der Waals surface area (Å²) in [6, 6.07) is 18.7. The third-order valence-corrected chi connectivity index (χ3v) is 4.47. The van der Waals surface area contributed by atoms with E-state index in [1.807, 2.05) is 12.1 Å². The van der Waals surface area contributed by atoms with Crippen LogP contribution in [0.15, 0.2) is 92.0 Å². The molecule has 33 heavy (non-hydrogen) atoms. The fraction of sp³-hybridized carbons (Fsp3) is 0. The Balaban J connectivity index is 1.74. The van der Waals surface area contributed by atoms with Crippen molar-refractivity contribution >= 4 is 36.2 Å². The Morgan fingerprint density at radius 2 is 1.36 bits per heavy atom. The summed E-state index contributed by atoms with van der Waals surface area (Å²) in [7, 11) is 0. The normalized spacial score (nSPS) is 10.8. The highest BCUT2D eigenvalue weighted by Crippen LogP contribution is 2.22. The number of para-hydroxylation sites is 1. The molecule has 164 valence electrons. The molecule has 0 aromatic heterocycles. The van der Waals surface area contributed by atoms with E-state index in [1.54, 1.807) is 72.8 Å². The van der Waals surface area contributed by atoms with Crippen LogP contribution >= 0.6 is 0 Å². The summed E-state index contributed by atoms with van der Waals surface area (Å²) in [6.45, 7) is 6.75. The highest BCUT2D eigenvalue weighted by atomic mass is 19.1. The van der Waals surface area contributed by atoms with Gasteiger partial charge >= 0.3 is 11.9 Å². The summed E-state index contributed by atoms with van der Waals surface area (Å²) >= 11 is 0. The van der Waals surface area contributed by atoms with Gasteiger partial charge in [0, 0.05) is 23.3 Å². The quantitative estimate of drug-likeness (QED) is 0.177. The van der Waals surface area contributed by atoms with Crippen LogP contribution in [-0.2, 0) is 9.59 Å². The molecular formula is C28H21FO4. The summed E-state index contributed by atoms with van der Waals surface area (Å²) in [5.41, 5.74) is 2.47. The Bertz CT molecular complexity index is 1250. The summed E-state index contributed by atoms with van der Waals surface area (Å²) in [4.78, 5) is 22.8. The molecule has 0 heterocycles. The lowest BCUT2D eigenvalue weighted by atomic mass is 10.1. The molecule has 0 fully saturated rings. The number of hydrogen-bond acceptors (Lipinski definition) is 4. The number of ether oxygens (including phenoxy) is 2. The molecule has 3 aromatic carbocycles. The molecule has 0 saturated heterocycles. The molecule has 0 aliphatic rings. The number of rotatable bonds is 8. The fourth-order valence-electron chi connectivity index (χ4n) is 2.85. The van der Waals surface area contributed by atoms with E-state index >= 15 is 0 Å². The maximum absolute atomic E-state index is 14.6. The van der Waals surface area contributed by atoms with Crippen LogP contribution in [0.1, 0.15) is 22.3 Å². The minimum absolute atomic E-state index is 0.377. The molecule has 0 saturated carbocycles. The molecular weight excluding hydrogens is 419 g/mol. The number of halogens is 1. The number of carbonyl (C=O) groups is 2. The van der Waals surface area contributed by atoms with Gasteiger partial charge in [-0.25, -0.2) is 14.0 Å². The zero-order chi connectivity index (χ0) is 23.6. The first-order chi connectivity index (χ1) is 16.0. The Morgan fingerprint density at radius 1 is 0.697 bits per heavy atom. The molecule has 0 N–H and O–H groups in total. The highest BCUT2D eigenvalue weighted by molar-refractivity contribution is 5.85. The average molecular weight is 440 g/mol. The van der Waals surface area contributed by atoms with E-state index in [0.29, 0.717) is 28.2 Å². The Kier molecular flexibility index (Phi) is 7.86. The largest absolute Gasteiger partial charge is 0.423 e. The first-order valence-corrected chi connectivity index (χ1v) is 10.0. The van der Waals surface area contributed by atoms with Crippen LogP contribution in [-0.4, -0.2) is 11.9 Å². The molecule has 3 rings (SSSR count). The first kappa shape index (κ1) is 23.2. The first-order valence-electron chi connectivity index (χ1n) is 10.0. The van der Waals surface area contributed by atoms with Gasteiger partial charge in [0.15, 0.2) is 0 Å². The summed E-state index contributed by atoms with van der Waals surface area (Å²) in [6.07, 6.45) is 9.01. The predicted molar refractivity (Wildman–Crippen MR) is 129 cm³/mol. The van der Waals surface area contributed by atoms with Gasteiger partial charge in [-0.1, -0.05) is 79.9 Å². The maximum atomic E-state index is 14.6. The van der Waals surface area contributed by atoms with Gasteiger partial charge in [0.05, 0.1) is 0 Å². The third kappa shape index (κ3) is 6.74. The second kappa shape index (κ2) is 11.2. The molecule has 0 aliphatic carbocycles. The molecule has 4 nitrogen and oxygen atoms in total. The Hall–Kier alpha value is -4.51. The minimum Gasteiger partial charge on any atom is -0.423 e. The van der Waals surface area contributed by atoms with Gasteiger partial charge in [-0.05, 0) is 35.4 Å². The van der Waals surface area contributed by atoms with E-state index < -0.39 is 17.8 Å². The second-order valence-corrected chi connectivity index (χ2v) is 6.81. The van der Waals surface area contributed by atoms with E-state index in [0.717, 1.165) is 17.7 Å². The second-order valence-electron chi connectivity index (χ2n) is 6.81. The Labute approximate surface area is 191 Å². The van der Waals surface area contributed by atoms with Crippen molar-refractivity contribution in [3.8, 4) is 11.5 Å². The highest BCUT2D eigenvalue weighted by Gasteiger charge is 2.05. The van der Waals surface area contributed by atoms with E-state index in [4.69, 9.17) is 9.47 Å². The third-order valence-electron chi connectivity index (χ3n) is 4.47. The molecule has 0 spiro atoms. The van der Waals surface area contributed by atoms with Crippen LogP contribution in [0.25, 0.3) is 24.3 Å². The summed E-state index contributed by atoms with van der Waals surface area (Å²) in [5, 5.41) is 0. The summed E-state index contributed by atoms with van der Waals surface area (Å²) < 4.78 is 24.9. The van der Waals surface area contributed by atoms with E-state index in [-0.39, 0.29) is 0 Å². The average Bonchev–Trinajstić information content (AvgIpc) is 2.83. The lowest BCUT2D eigenvalue weighted by Gasteiger charge is -2.05. The molecule has 5 heteroatoms. The molecule has 0 aliphatic heterocycles. The summed E-state index contributed by atoms with van der Waals surface area (Å²) in [5.74, 6) is -0.731. The molecule has 0 amide bonds. The molecule has 0 radical (unpaired) electrons. The van der Waals surface area contributed by atoms with Gasteiger partial charge < -0.3 is 9.47 Å². The molecule has 0 unspecified atom stereocenters. The standard InChI is InChI=1S/C28H21FO4/c1-3-27(30)32-24-10-7-8-20(18-24)12-15-22-16-13-21(19-25(22)29)14-17-23-9-5-6-11-26(23)33-28(31)4-2/h3-19H,1-2H2/b15-12+,17-14+. The van der Waals surface area contributed by atoms with Crippen molar-refractivity contribution < 1.29 is 23.5 Å². The van der Waals surface area contributed by atoms with E-state index in [9.17, 15) is 14.0 Å². The van der Waals surface area contributed by atoms with Crippen LogP contribution in [0.4, 0.5) is 4.39 Å². The zero-order valence-corrected chi connectivity index (χ0v) is 17.7. The van der Waals surface area contributed by atoms with Gasteiger partial charge in [-0.15, -0.1) is 0 Å². The maximum Gasteiger partial charge on any atom is 0.335 e. The smallest absolute Gasteiger partial charge is 0.335 e. The number of carbonyl (C=O) groups excluding carboxylic acids is 2. The monoisotopic (exact) mass is 440 g/mol. The van der Waals surface area contributed by atoms with Crippen molar-refractivity contribution in [2.24, 2.45) is 0 Å². The zero-order valence-electron chi connectivity index (χ0n) is 17.7. The number of benzene rings is 3. The lowest BCUT2D eigenvalue weighted by Crippen LogP contribution is -2.03. The van der Waals surface area contributed by atoms with Crippen LogP contribution in [0.2, 0.25) is 0 Å². The van der Waals surface area contributed by atoms with Crippen LogP contribution in [0.3, 0.4) is 0 Å². The minimum atomic E-state index is -0.553. The van der Waals surface area contributed by atoms with Crippen LogP contribution in [0.5, 0.6) is 11.5 Å². The Morgan fingerprint density at radius 3 is 2.09 bits per heavy atom. The van der Waals surface area contributed by atoms with Gasteiger partial charge in [0.25, 0.3) is 0 Å². The van der Waals surface area contributed by atoms with E-state index in [2.05, 4.69) is 13.2 Å². The predicted octanol–water partition coefficient (Wildman–Crippen LogP) is 6.35. The van der Waals surface area contributed by atoms with Gasteiger partial charge in [0.1, 0.15) is 17.3 Å². The molecule has 3 aromatic rings. The molecule has 0 atom stereocenters. The van der Waals surface area contributed by atoms with Crippen LogP contribution in [0, 0.1) is 5.82 Å². The van der Waals surface area contributed by atoms with Gasteiger partial charge in [-0.2, -0.15) is 0 Å². The SMILES string of the molecule is C=CC(=O)Oc1cccc(/C=C/c2ccc(/C=C/c3ccccc3OC(=O)C=C)cc2F)c1. The topological polar surface area (TPSA) is 52.6 Å². The van der Waals surface area contributed by atoms with Crippen molar-refractivity contribution in [1.29, 1.82) is 0 Å². The number of hydrogen-bond donors (Lipinski definition) is 0.